The van der Waals surface area contributed by atoms with Crippen molar-refractivity contribution in [1.82, 2.24) is 9.80 Å². The summed E-state index contributed by atoms with van der Waals surface area (Å²) in [6.45, 7) is 7.11. The predicted octanol–water partition coefficient (Wildman–Crippen LogP) is 2.35. The molecule has 1 aliphatic rings. The highest BCUT2D eigenvalue weighted by Gasteiger charge is 2.23. The molecule has 0 aliphatic carbocycles. The van der Waals surface area contributed by atoms with Crippen LogP contribution in [0.25, 0.3) is 0 Å². The van der Waals surface area contributed by atoms with Gasteiger partial charge in [0.15, 0.2) is 4.67 Å². The Balaban J connectivity index is 2.05. The fourth-order valence-electron chi connectivity index (χ4n) is 2.44. The maximum absolute atomic E-state index is 12.4. The molecule has 0 spiro atoms. The summed E-state index contributed by atoms with van der Waals surface area (Å²) in [5.74, 6) is 0.677. The molecule has 0 aromatic carbocycles. The summed E-state index contributed by atoms with van der Waals surface area (Å²) >= 11 is 3.32. The summed E-state index contributed by atoms with van der Waals surface area (Å²) in [5, 5.41) is 0. The molecule has 0 saturated heterocycles. The van der Waals surface area contributed by atoms with E-state index in [1.807, 2.05) is 13.0 Å². The largest absolute Gasteiger partial charge is 0.454 e. The highest BCUT2D eigenvalue weighted by molar-refractivity contribution is 9.10. The zero-order valence-electron chi connectivity index (χ0n) is 12.1. The number of carbonyl (C=O) groups excluding carboxylic acids is 2. The second-order valence-corrected chi connectivity index (χ2v) is 5.76. The van der Waals surface area contributed by atoms with Gasteiger partial charge in [-0.15, -0.1) is 0 Å². The topological polar surface area (TPSA) is 53.8 Å². The van der Waals surface area contributed by atoms with Crippen LogP contribution in [0, 0.1) is 0 Å². The SMILES string of the molecule is C=CC(=O)N(CC)CC(=O)N1CCCc2oc(Br)cc2C1. The molecule has 0 N–H and O–H groups in total. The maximum Gasteiger partial charge on any atom is 0.246 e. The zero-order valence-corrected chi connectivity index (χ0v) is 13.7. The molecule has 114 valence electrons. The minimum atomic E-state index is -0.215. The molecule has 0 radical (unpaired) electrons. The van der Waals surface area contributed by atoms with E-state index in [0.29, 0.717) is 24.3 Å². The van der Waals surface area contributed by atoms with Crippen LogP contribution < -0.4 is 0 Å². The molecule has 0 atom stereocenters. The van der Waals surface area contributed by atoms with Gasteiger partial charge in [0.25, 0.3) is 0 Å². The van der Waals surface area contributed by atoms with Crippen LogP contribution in [0.3, 0.4) is 0 Å². The average molecular weight is 355 g/mol. The molecule has 5 nitrogen and oxygen atoms in total. The molecule has 6 heteroatoms. The van der Waals surface area contributed by atoms with Crippen LogP contribution in [0.15, 0.2) is 27.8 Å². The van der Waals surface area contributed by atoms with Gasteiger partial charge in [-0.1, -0.05) is 6.58 Å². The Hall–Kier alpha value is -1.56. The molecule has 2 heterocycles. The monoisotopic (exact) mass is 354 g/mol. The van der Waals surface area contributed by atoms with E-state index in [2.05, 4.69) is 22.5 Å². The molecular weight excluding hydrogens is 336 g/mol. The van der Waals surface area contributed by atoms with Crippen molar-refractivity contribution in [2.24, 2.45) is 0 Å². The first-order valence-electron chi connectivity index (χ1n) is 7.01. The molecule has 0 bridgehead atoms. The lowest BCUT2D eigenvalue weighted by Gasteiger charge is -2.25. The van der Waals surface area contributed by atoms with Gasteiger partial charge < -0.3 is 14.2 Å². The van der Waals surface area contributed by atoms with Gasteiger partial charge in [-0.05, 0) is 41.4 Å². The Labute approximate surface area is 132 Å². The number of halogens is 1. The van der Waals surface area contributed by atoms with Crippen LogP contribution in [-0.2, 0) is 22.6 Å². The summed E-state index contributed by atoms with van der Waals surface area (Å²) in [4.78, 5) is 27.3. The Morgan fingerprint density at radius 1 is 1.57 bits per heavy atom. The van der Waals surface area contributed by atoms with E-state index in [1.165, 1.54) is 11.0 Å². The van der Waals surface area contributed by atoms with Crippen molar-refractivity contribution in [1.29, 1.82) is 0 Å². The first-order valence-corrected chi connectivity index (χ1v) is 7.80. The molecule has 1 aromatic rings. The van der Waals surface area contributed by atoms with Crippen molar-refractivity contribution < 1.29 is 14.0 Å². The van der Waals surface area contributed by atoms with E-state index >= 15 is 0 Å². The molecule has 1 aliphatic heterocycles. The summed E-state index contributed by atoms with van der Waals surface area (Å²) < 4.78 is 6.27. The first-order chi connectivity index (χ1) is 10.0. The average Bonchev–Trinajstić information content (AvgIpc) is 2.70. The summed E-state index contributed by atoms with van der Waals surface area (Å²) in [6, 6.07) is 1.91. The maximum atomic E-state index is 12.4. The van der Waals surface area contributed by atoms with Gasteiger partial charge in [0.2, 0.25) is 11.8 Å². The molecule has 0 fully saturated rings. The van der Waals surface area contributed by atoms with E-state index < -0.39 is 0 Å². The summed E-state index contributed by atoms with van der Waals surface area (Å²) in [6.07, 6.45) is 2.93. The van der Waals surface area contributed by atoms with Crippen LogP contribution in [0.1, 0.15) is 24.7 Å². The van der Waals surface area contributed by atoms with Crippen LogP contribution in [-0.4, -0.2) is 41.2 Å². The smallest absolute Gasteiger partial charge is 0.246 e. The first kappa shape index (κ1) is 15.8. The fourth-order valence-corrected chi connectivity index (χ4v) is 2.91. The Bertz CT molecular complexity index is 553. The second-order valence-electron chi connectivity index (χ2n) is 4.97. The van der Waals surface area contributed by atoms with Gasteiger partial charge in [-0.3, -0.25) is 9.59 Å². The number of rotatable bonds is 4. The van der Waals surface area contributed by atoms with Gasteiger partial charge in [-0.2, -0.15) is 0 Å². The lowest BCUT2D eigenvalue weighted by molar-refractivity contribution is -0.138. The molecule has 21 heavy (non-hydrogen) atoms. The fraction of sp³-hybridized carbons (Fsp3) is 0.467. The Morgan fingerprint density at radius 2 is 2.33 bits per heavy atom. The van der Waals surface area contributed by atoms with Crippen molar-refractivity contribution in [2.45, 2.75) is 26.3 Å². The van der Waals surface area contributed by atoms with Crippen LogP contribution in [0.5, 0.6) is 0 Å². The minimum Gasteiger partial charge on any atom is -0.454 e. The number of likely N-dealkylation sites (N-methyl/N-ethyl adjacent to an activating group) is 1. The summed E-state index contributed by atoms with van der Waals surface area (Å²) in [7, 11) is 0. The zero-order chi connectivity index (χ0) is 15.4. The number of fused-ring (bicyclic) bond motifs is 1. The van der Waals surface area contributed by atoms with Gasteiger partial charge in [-0.25, -0.2) is 0 Å². The predicted molar refractivity (Wildman–Crippen MR) is 82.6 cm³/mol. The molecule has 2 amide bonds. The molecule has 0 unspecified atom stereocenters. The molecule has 1 aromatic heterocycles. The van der Waals surface area contributed by atoms with Crippen LogP contribution in [0.2, 0.25) is 0 Å². The van der Waals surface area contributed by atoms with Gasteiger partial charge in [0.1, 0.15) is 12.3 Å². The number of nitrogens with zero attached hydrogens (tertiary/aromatic N) is 2. The number of aryl methyl sites for hydroxylation is 1. The van der Waals surface area contributed by atoms with Gasteiger partial charge in [0.05, 0.1) is 0 Å². The molecular formula is C15H19BrN2O3. The number of amides is 2. The van der Waals surface area contributed by atoms with E-state index in [1.54, 1.807) is 4.90 Å². The lowest BCUT2D eigenvalue weighted by Crippen LogP contribution is -2.42. The number of furan rings is 1. The van der Waals surface area contributed by atoms with Crippen molar-refractivity contribution in [3.05, 3.63) is 34.7 Å². The van der Waals surface area contributed by atoms with E-state index in [-0.39, 0.29) is 18.4 Å². The Kier molecular flexibility index (Phi) is 5.22. The lowest BCUT2D eigenvalue weighted by atomic mass is 10.2. The third-order valence-corrected chi connectivity index (χ3v) is 4.00. The van der Waals surface area contributed by atoms with Crippen molar-refractivity contribution in [3.8, 4) is 0 Å². The molecule has 2 rings (SSSR count). The van der Waals surface area contributed by atoms with E-state index in [0.717, 1.165) is 24.2 Å². The third kappa shape index (κ3) is 3.75. The quantitative estimate of drug-likeness (QED) is 0.779. The van der Waals surface area contributed by atoms with Gasteiger partial charge >= 0.3 is 0 Å². The molecule has 0 saturated carbocycles. The highest BCUT2D eigenvalue weighted by atomic mass is 79.9. The third-order valence-electron chi connectivity index (χ3n) is 3.61. The number of carbonyl (C=O) groups is 2. The number of hydrogen-bond acceptors (Lipinski definition) is 3. The number of hydrogen-bond donors (Lipinski definition) is 0. The standard InChI is InChI=1S/C15H19BrN2O3/c1-3-14(19)17(4-2)10-15(20)18-7-5-6-12-11(9-18)8-13(16)21-12/h3,8H,1,4-7,9-10H2,2H3. The normalized spacial score (nSPS) is 14.3. The minimum absolute atomic E-state index is 0.0442. The van der Waals surface area contributed by atoms with Crippen molar-refractivity contribution in [3.63, 3.8) is 0 Å². The highest BCUT2D eigenvalue weighted by Crippen LogP contribution is 2.25. The second kappa shape index (κ2) is 6.93. The van der Waals surface area contributed by atoms with E-state index in [4.69, 9.17) is 4.42 Å². The Morgan fingerprint density at radius 3 is 3.00 bits per heavy atom. The van der Waals surface area contributed by atoms with E-state index in [9.17, 15) is 9.59 Å². The van der Waals surface area contributed by atoms with Crippen molar-refractivity contribution in [2.75, 3.05) is 19.6 Å². The van der Waals surface area contributed by atoms with Crippen LogP contribution >= 0.6 is 15.9 Å². The van der Waals surface area contributed by atoms with Crippen LogP contribution in [0.4, 0.5) is 0 Å². The summed E-state index contributed by atoms with van der Waals surface area (Å²) in [5.41, 5.74) is 1.03. The van der Waals surface area contributed by atoms with Gasteiger partial charge in [0, 0.05) is 31.6 Å². The van der Waals surface area contributed by atoms with Crippen molar-refractivity contribution >= 4 is 27.7 Å².